The highest BCUT2D eigenvalue weighted by molar-refractivity contribution is 7.07. The zero-order chi connectivity index (χ0) is 14.1. The molecule has 1 aliphatic carbocycles. The molecule has 1 aliphatic rings. The van der Waals surface area contributed by atoms with E-state index in [4.69, 9.17) is 5.73 Å². The number of nitrogen functional groups attached to an aromatic ring is 1. The fraction of sp³-hybridized carbons (Fsp3) is 0.400. The number of nitrogens with zero attached hydrogens (tertiary/aromatic N) is 1. The van der Waals surface area contributed by atoms with Crippen LogP contribution in [0.2, 0.25) is 0 Å². The minimum atomic E-state index is -0.0312. The monoisotopic (exact) mass is 289 g/mol. The molecule has 0 radical (unpaired) electrons. The van der Waals surface area contributed by atoms with Gasteiger partial charge in [-0.25, -0.2) is 0 Å². The van der Waals surface area contributed by atoms with Crippen LogP contribution in [-0.2, 0) is 6.42 Å². The van der Waals surface area contributed by atoms with E-state index in [1.165, 1.54) is 5.56 Å². The average molecular weight is 289 g/mol. The number of carbonyl (C=O) groups excluding carboxylic acids is 1. The van der Waals surface area contributed by atoms with Crippen molar-refractivity contribution in [3.8, 4) is 0 Å². The Morgan fingerprint density at radius 3 is 3.05 bits per heavy atom. The fourth-order valence-electron chi connectivity index (χ4n) is 2.45. The highest BCUT2D eigenvalue weighted by Crippen LogP contribution is 2.37. The fourth-order valence-corrected chi connectivity index (χ4v) is 3.13. The molecule has 0 bridgehead atoms. The number of nitrogens with two attached hydrogens (primary N) is 1. The number of anilines is 1. The van der Waals surface area contributed by atoms with Gasteiger partial charge in [0.1, 0.15) is 5.69 Å². The molecule has 4 nitrogen and oxygen atoms in total. The Hall–Kier alpha value is -1.75. The molecular formula is C15H19N3OS. The Labute approximate surface area is 122 Å². The number of rotatable bonds is 5. The maximum absolute atomic E-state index is 12.4. The summed E-state index contributed by atoms with van der Waals surface area (Å²) in [5, 5.41) is 7.24. The van der Waals surface area contributed by atoms with E-state index in [9.17, 15) is 4.79 Å². The van der Waals surface area contributed by atoms with Crippen molar-refractivity contribution >= 4 is 22.9 Å². The molecule has 106 valence electrons. The number of amides is 1. The normalized spacial score (nSPS) is 16.1. The third kappa shape index (κ3) is 2.88. The van der Waals surface area contributed by atoms with E-state index in [-0.39, 0.29) is 11.9 Å². The van der Waals surface area contributed by atoms with Gasteiger partial charge in [-0.3, -0.25) is 4.79 Å². The smallest absolute Gasteiger partial charge is 0.268 e. The first-order valence-electron chi connectivity index (χ1n) is 6.93. The van der Waals surface area contributed by atoms with Crippen LogP contribution >= 0.6 is 11.3 Å². The lowest BCUT2D eigenvalue weighted by Gasteiger charge is -2.14. The van der Waals surface area contributed by atoms with Crippen LogP contribution in [-0.4, -0.2) is 16.5 Å². The molecule has 1 saturated carbocycles. The van der Waals surface area contributed by atoms with E-state index in [0.29, 0.717) is 17.4 Å². The summed E-state index contributed by atoms with van der Waals surface area (Å²) in [5.41, 5.74) is 8.43. The Balaban J connectivity index is 1.66. The van der Waals surface area contributed by atoms with Crippen LogP contribution in [0.3, 0.4) is 0 Å². The van der Waals surface area contributed by atoms with E-state index in [1.807, 2.05) is 17.7 Å². The highest BCUT2D eigenvalue weighted by atomic mass is 32.1. The van der Waals surface area contributed by atoms with Gasteiger partial charge in [-0.15, -0.1) is 0 Å². The molecule has 2 aromatic rings. The van der Waals surface area contributed by atoms with Crippen LogP contribution in [0, 0.1) is 0 Å². The first kappa shape index (κ1) is 13.2. The topological polar surface area (TPSA) is 60.1 Å². The van der Waals surface area contributed by atoms with Crippen LogP contribution in [0.15, 0.2) is 29.1 Å². The van der Waals surface area contributed by atoms with E-state index in [0.717, 1.165) is 19.3 Å². The highest BCUT2D eigenvalue weighted by Gasteiger charge is 2.28. The first-order valence-corrected chi connectivity index (χ1v) is 7.87. The predicted octanol–water partition coefficient (Wildman–Crippen LogP) is 2.83. The Kier molecular flexibility index (Phi) is 3.53. The molecule has 3 N–H and O–H groups in total. The maximum atomic E-state index is 12.4. The van der Waals surface area contributed by atoms with Gasteiger partial charge in [0.05, 0.1) is 5.69 Å². The average Bonchev–Trinajstić information content (AvgIpc) is 2.98. The summed E-state index contributed by atoms with van der Waals surface area (Å²) in [4.78, 5) is 12.4. The van der Waals surface area contributed by atoms with E-state index >= 15 is 0 Å². The molecule has 1 fully saturated rings. The minimum Gasteiger partial charge on any atom is -0.397 e. The standard InChI is InChI=1S/C15H19N3OS/c1-10(6-11-4-5-20-9-11)17-15(19)14-7-12(16)8-18(14)13-2-3-13/h4-5,7-10,13H,2-3,6,16H2,1H3,(H,17,19). The van der Waals surface area contributed by atoms with Gasteiger partial charge in [0.2, 0.25) is 0 Å². The van der Waals surface area contributed by atoms with Gasteiger partial charge in [-0.05, 0) is 54.6 Å². The summed E-state index contributed by atoms with van der Waals surface area (Å²) >= 11 is 1.68. The molecule has 2 heterocycles. The second-order valence-corrected chi connectivity index (χ2v) is 6.29. The molecule has 0 saturated heterocycles. The van der Waals surface area contributed by atoms with E-state index < -0.39 is 0 Å². The summed E-state index contributed by atoms with van der Waals surface area (Å²) < 4.78 is 2.02. The molecule has 1 unspecified atom stereocenters. The Morgan fingerprint density at radius 1 is 1.60 bits per heavy atom. The number of carbonyl (C=O) groups is 1. The lowest BCUT2D eigenvalue weighted by molar-refractivity contribution is 0.0930. The van der Waals surface area contributed by atoms with Crippen molar-refractivity contribution in [2.75, 3.05) is 5.73 Å². The van der Waals surface area contributed by atoms with Gasteiger partial charge in [-0.1, -0.05) is 0 Å². The maximum Gasteiger partial charge on any atom is 0.268 e. The molecule has 1 atom stereocenters. The summed E-state index contributed by atoms with van der Waals surface area (Å²) in [6.45, 7) is 2.03. The van der Waals surface area contributed by atoms with E-state index in [2.05, 4.69) is 22.1 Å². The quantitative estimate of drug-likeness (QED) is 0.889. The van der Waals surface area contributed by atoms with Gasteiger partial charge in [0, 0.05) is 18.3 Å². The largest absolute Gasteiger partial charge is 0.397 e. The number of nitrogens with one attached hydrogen (secondary N) is 1. The molecular weight excluding hydrogens is 270 g/mol. The molecule has 0 spiro atoms. The Bertz CT molecular complexity index is 599. The molecule has 2 aromatic heterocycles. The van der Waals surface area contributed by atoms with Crippen molar-refractivity contribution in [3.05, 3.63) is 40.3 Å². The van der Waals surface area contributed by atoms with Crippen molar-refractivity contribution in [2.45, 2.75) is 38.3 Å². The number of hydrogen-bond donors (Lipinski definition) is 2. The van der Waals surface area contributed by atoms with Gasteiger partial charge >= 0.3 is 0 Å². The summed E-state index contributed by atoms with van der Waals surface area (Å²) in [7, 11) is 0. The van der Waals surface area contributed by atoms with Crippen LogP contribution in [0.4, 0.5) is 5.69 Å². The van der Waals surface area contributed by atoms with Crippen molar-refractivity contribution in [1.82, 2.24) is 9.88 Å². The molecule has 5 heteroatoms. The number of thiophene rings is 1. The van der Waals surface area contributed by atoms with Crippen molar-refractivity contribution < 1.29 is 4.79 Å². The van der Waals surface area contributed by atoms with Gasteiger partial charge in [0.25, 0.3) is 5.91 Å². The van der Waals surface area contributed by atoms with Crippen LogP contribution in [0.25, 0.3) is 0 Å². The van der Waals surface area contributed by atoms with Crippen molar-refractivity contribution in [1.29, 1.82) is 0 Å². The van der Waals surface area contributed by atoms with Crippen LogP contribution in [0.5, 0.6) is 0 Å². The second kappa shape index (κ2) is 5.32. The lowest BCUT2D eigenvalue weighted by Crippen LogP contribution is -2.35. The molecule has 0 aliphatic heterocycles. The van der Waals surface area contributed by atoms with Crippen molar-refractivity contribution in [3.63, 3.8) is 0 Å². The third-order valence-electron chi connectivity index (χ3n) is 3.54. The van der Waals surface area contributed by atoms with Crippen molar-refractivity contribution in [2.24, 2.45) is 0 Å². The second-order valence-electron chi connectivity index (χ2n) is 5.51. The van der Waals surface area contributed by atoms with Crippen LogP contribution in [0.1, 0.15) is 41.9 Å². The number of hydrogen-bond acceptors (Lipinski definition) is 3. The molecule has 0 aromatic carbocycles. The third-order valence-corrected chi connectivity index (χ3v) is 4.27. The first-order chi connectivity index (χ1) is 9.63. The van der Waals surface area contributed by atoms with Crippen LogP contribution < -0.4 is 11.1 Å². The van der Waals surface area contributed by atoms with Gasteiger partial charge in [-0.2, -0.15) is 11.3 Å². The van der Waals surface area contributed by atoms with Gasteiger partial charge in [0.15, 0.2) is 0 Å². The Morgan fingerprint density at radius 2 is 2.40 bits per heavy atom. The summed E-state index contributed by atoms with van der Waals surface area (Å²) in [5.74, 6) is -0.0312. The van der Waals surface area contributed by atoms with Gasteiger partial charge < -0.3 is 15.6 Å². The summed E-state index contributed by atoms with van der Waals surface area (Å²) in [6.07, 6.45) is 5.00. The predicted molar refractivity (Wildman–Crippen MR) is 82.1 cm³/mol. The zero-order valence-corrected chi connectivity index (χ0v) is 12.3. The molecule has 1 amide bonds. The van der Waals surface area contributed by atoms with E-state index in [1.54, 1.807) is 17.4 Å². The lowest BCUT2D eigenvalue weighted by atomic mass is 10.1. The molecule has 3 rings (SSSR count). The number of aromatic nitrogens is 1. The zero-order valence-electron chi connectivity index (χ0n) is 11.5. The molecule has 20 heavy (non-hydrogen) atoms. The summed E-state index contributed by atoms with van der Waals surface area (Å²) in [6, 6.07) is 4.43. The SMILES string of the molecule is CC(Cc1ccsc1)NC(=O)c1cc(N)cn1C1CC1. The minimum absolute atomic E-state index is 0.0312.